The van der Waals surface area contributed by atoms with Crippen molar-refractivity contribution in [2.24, 2.45) is 0 Å². The summed E-state index contributed by atoms with van der Waals surface area (Å²) < 4.78 is 5.64. The zero-order valence-corrected chi connectivity index (χ0v) is 14.3. The third-order valence-electron chi connectivity index (χ3n) is 4.23. The normalized spacial score (nSPS) is 14.8. The van der Waals surface area contributed by atoms with E-state index in [4.69, 9.17) is 4.74 Å². The van der Waals surface area contributed by atoms with Gasteiger partial charge in [0.25, 0.3) is 11.8 Å². The van der Waals surface area contributed by atoms with E-state index in [0.717, 1.165) is 25.9 Å². The molecule has 5 nitrogen and oxygen atoms in total. The highest BCUT2D eigenvalue weighted by Crippen LogP contribution is 2.21. The van der Waals surface area contributed by atoms with E-state index in [0.29, 0.717) is 17.0 Å². The number of rotatable bonds is 5. The van der Waals surface area contributed by atoms with Crippen molar-refractivity contribution in [3.8, 4) is 5.75 Å². The largest absolute Gasteiger partial charge is 0.481 e. The van der Waals surface area contributed by atoms with Gasteiger partial charge in [-0.15, -0.1) is 0 Å². The molecule has 0 aliphatic carbocycles. The molecule has 2 amide bonds. The fourth-order valence-electron chi connectivity index (χ4n) is 2.86. The van der Waals surface area contributed by atoms with Crippen LogP contribution in [0.5, 0.6) is 5.75 Å². The van der Waals surface area contributed by atoms with Crippen molar-refractivity contribution in [2.75, 3.05) is 18.4 Å². The molecule has 1 unspecified atom stereocenters. The van der Waals surface area contributed by atoms with Crippen LogP contribution in [0, 0.1) is 0 Å². The SMILES string of the molecule is CC(Oc1ccccc1)C(=O)Nc1ccccc1C(=O)N1CCCC1. The van der Waals surface area contributed by atoms with Crippen molar-refractivity contribution < 1.29 is 14.3 Å². The first-order valence-corrected chi connectivity index (χ1v) is 8.56. The van der Waals surface area contributed by atoms with E-state index < -0.39 is 6.10 Å². The van der Waals surface area contributed by atoms with Crippen molar-refractivity contribution in [3.63, 3.8) is 0 Å². The second-order valence-electron chi connectivity index (χ2n) is 6.11. The lowest BCUT2D eigenvalue weighted by Crippen LogP contribution is -2.32. The Morgan fingerprint density at radius 3 is 2.36 bits per heavy atom. The lowest BCUT2D eigenvalue weighted by Gasteiger charge is -2.19. The third-order valence-corrected chi connectivity index (χ3v) is 4.23. The number of nitrogens with one attached hydrogen (secondary N) is 1. The number of hydrogen-bond acceptors (Lipinski definition) is 3. The van der Waals surface area contributed by atoms with Crippen LogP contribution in [-0.2, 0) is 4.79 Å². The number of likely N-dealkylation sites (tertiary alicyclic amines) is 1. The summed E-state index contributed by atoms with van der Waals surface area (Å²) in [5.74, 6) is 0.308. The molecular weight excluding hydrogens is 316 g/mol. The summed E-state index contributed by atoms with van der Waals surface area (Å²) in [6.07, 6.45) is 1.39. The number of amides is 2. The van der Waals surface area contributed by atoms with E-state index in [9.17, 15) is 9.59 Å². The fourth-order valence-corrected chi connectivity index (χ4v) is 2.86. The van der Waals surface area contributed by atoms with Crippen molar-refractivity contribution in [1.82, 2.24) is 4.90 Å². The van der Waals surface area contributed by atoms with Gasteiger partial charge in [0, 0.05) is 13.1 Å². The summed E-state index contributed by atoms with van der Waals surface area (Å²) in [6, 6.07) is 16.3. The second-order valence-corrected chi connectivity index (χ2v) is 6.11. The van der Waals surface area contributed by atoms with Crippen LogP contribution in [0.4, 0.5) is 5.69 Å². The molecule has 1 heterocycles. The van der Waals surface area contributed by atoms with Crippen molar-refractivity contribution >= 4 is 17.5 Å². The molecule has 0 saturated carbocycles. The van der Waals surface area contributed by atoms with Crippen molar-refractivity contribution in [3.05, 3.63) is 60.2 Å². The van der Waals surface area contributed by atoms with Crippen LogP contribution in [0.3, 0.4) is 0 Å². The molecule has 2 aromatic rings. The van der Waals surface area contributed by atoms with Gasteiger partial charge >= 0.3 is 0 Å². The zero-order valence-electron chi connectivity index (χ0n) is 14.3. The molecule has 2 aromatic carbocycles. The number of carbonyl (C=O) groups is 2. The van der Waals surface area contributed by atoms with Gasteiger partial charge < -0.3 is 15.0 Å². The molecular formula is C20H22N2O3. The molecule has 1 fully saturated rings. The third kappa shape index (κ3) is 4.18. The van der Waals surface area contributed by atoms with Gasteiger partial charge in [0.2, 0.25) is 0 Å². The van der Waals surface area contributed by atoms with Gasteiger partial charge in [-0.1, -0.05) is 30.3 Å². The van der Waals surface area contributed by atoms with Gasteiger partial charge in [-0.2, -0.15) is 0 Å². The quantitative estimate of drug-likeness (QED) is 0.910. The highest BCUT2D eigenvalue weighted by Gasteiger charge is 2.23. The predicted molar refractivity (Wildman–Crippen MR) is 96.7 cm³/mol. The fraction of sp³-hybridized carbons (Fsp3) is 0.300. The van der Waals surface area contributed by atoms with Crippen molar-refractivity contribution in [1.29, 1.82) is 0 Å². The highest BCUT2D eigenvalue weighted by atomic mass is 16.5. The van der Waals surface area contributed by atoms with E-state index in [1.807, 2.05) is 29.2 Å². The first-order chi connectivity index (χ1) is 12.1. The van der Waals surface area contributed by atoms with E-state index in [1.54, 1.807) is 37.3 Å². The Bertz CT molecular complexity index is 740. The van der Waals surface area contributed by atoms with Crippen LogP contribution < -0.4 is 10.1 Å². The van der Waals surface area contributed by atoms with Gasteiger partial charge in [0.1, 0.15) is 5.75 Å². The number of para-hydroxylation sites is 2. The Balaban J connectivity index is 1.69. The molecule has 1 saturated heterocycles. The van der Waals surface area contributed by atoms with Crippen LogP contribution in [0.15, 0.2) is 54.6 Å². The molecule has 5 heteroatoms. The predicted octanol–water partition coefficient (Wildman–Crippen LogP) is 3.33. The number of anilines is 1. The number of benzene rings is 2. The minimum Gasteiger partial charge on any atom is -0.481 e. The molecule has 0 bridgehead atoms. The molecule has 1 atom stereocenters. The van der Waals surface area contributed by atoms with Crippen molar-refractivity contribution in [2.45, 2.75) is 25.9 Å². The first kappa shape index (κ1) is 17.0. The Hall–Kier alpha value is -2.82. The second kappa shape index (κ2) is 7.83. The van der Waals surface area contributed by atoms with Gasteiger partial charge in [-0.3, -0.25) is 9.59 Å². The van der Waals surface area contributed by atoms with E-state index >= 15 is 0 Å². The monoisotopic (exact) mass is 338 g/mol. The number of nitrogens with zero attached hydrogens (tertiary/aromatic N) is 1. The molecule has 3 rings (SSSR count). The smallest absolute Gasteiger partial charge is 0.265 e. The minimum atomic E-state index is -0.669. The van der Waals surface area contributed by atoms with Crippen LogP contribution in [-0.4, -0.2) is 35.9 Å². The lowest BCUT2D eigenvalue weighted by atomic mass is 10.1. The van der Waals surface area contributed by atoms with E-state index in [-0.39, 0.29) is 11.8 Å². The number of hydrogen-bond donors (Lipinski definition) is 1. The zero-order chi connectivity index (χ0) is 17.6. The van der Waals surface area contributed by atoms with Gasteiger partial charge in [0.05, 0.1) is 11.3 Å². The Kier molecular flexibility index (Phi) is 5.33. The minimum absolute atomic E-state index is 0.0370. The Morgan fingerprint density at radius 1 is 1.00 bits per heavy atom. The molecule has 25 heavy (non-hydrogen) atoms. The maximum atomic E-state index is 12.7. The molecule has 1 N–H and O–H groups in total. The van der Waals surface area contributed by atoms with Crippen LogP contribution in [0.1, 0.15) is 30.1 Å². The summed E-state index contributed by atoms with van der Waals surface area (Å²) in [5.41, 5.74) is 1.04. The number of carbonyl (C=O) groups excluding carboxylic acids is 2. The van der Waals surface area contributed by atoms with E-state index in [1.165, 1.54) is 0 Å². The Labute approximate surface area is 147 Å². The standard InChI is InChI=1S/C20H22N2O3/c1-15(25-16-9-3-2-4-10-16)19(23)21-18-12-6-5-11-17(18)20(24)22-13-7-8-14-22/h2-6,9-12,15H,7-8,13-14H2,1H3,(H,21,23). The molecule has 1 aliphatic heterocycles. The van der Waals surface area contributed by atoms with Crippen LogP contribution in [0.2, 0.25) is 0 Å². The molecule has 130 valence electrons. The lowest BCUT2D eigenvalue weighted by molar-refractivity contribution is -0.122. The van der Waals surface area contributed by atoms with Crippen LogP contribution >= 0.6 is 0 Å². The van der Waals surface area contributed by atoms with Crippen LogP contribution in [0.25, 0.3) is 0 Å². The summed E-state index contributed by atoms with van der Waals surface area (Å²) in [4.78, 5) is 26.9. The van der Waals surface area contributed by atoms with Gasteiger partial charge in [-0.25, -0.2) is 0 Å². The highest BCUT2D eigenvalue weighted by molar-refractivity contribution is 6.04. The molecule has 0 spiro atoms. The van der Waals surface area contributed by atoms with Gasteiger partial charge in [-0.05, 0) is 44.0 Å². The average Bonchev–Trinajstić information content (AvgIpc) is 3.17. The molecule has 0 radical (unpaired) electrons. The Morgan fingerprint density at radius 2 is 1.64 bits per heavy atom. The maximum Gasteiger partial charge on any atom is 0.265 e. The summed E-state index contributed by atoms with van der Waals surface area (Å²) in [5, 5.41) is 2.82. The van der Waals surface area contributed by atoms with Gasteiger partial charge in [0.15, 0.2) is 6.10 Å². The summed E-state index contributed by atoms with van der Waals surface area (Å²) in [6.45, 7) is 3.23. The van der Waals surface area contributed by atoms with E-state index in [2.05, 4.69) is 5.32 Å². The summed E-state index contributed by atoms with van der Waals surface area (Å²) >= 11 is 0. The average molecular weight is 338 g/mol. The maximum absolute atomic E-state index is 12.7. The summed E-state index contributed by atoms with van der Waals surface area (Å²) in [7, 11) is 0. The molecule has 1 aliphatic rings. The number of ether oxygens (including phenoxy) is 1. The molecule has 0 aromatic heterocycles. The first-order valence-electron chi connectivity index (χ1n) is 8.56. The topological polar surface area (TPSA) is 58.6 Å².